The van der Waals surface area contributed by atoms with Crippen molar-refractivity contribution in [2.45, 2.75) is 19.8 Å². The van der Waals surface area contributed by atoms with Crippen LogP contribution in [0.1, 0.15) is 22.9 Å². The first-order chi connectivity index (χ1) is 7.28. The van der Waals surface area contributed by atoms with E-state index in [0.717, 1.165) is 12.8 Å². The molecule has 0 atom stereocenters. The number of benzene rings is 1. The molecule has 2 heteroatoms. The average molecular weight is 281 g/mol. The highest BCUT2D eigenvalue weighted by atomic mass is 79.9. The Morgan fingerprint density at radius 2 is 1.80 bits per heavy atom. The van der Waals surface area contributed by atoms with Crippen LogP contribution in [0.25, 0.3) is 0 Å². The number of rotatable bonds is 3. The van der Waals surface area contributed by atoms with Crippen molar-refractivity contribution < 1.29 is 0 Å². The molecule has 0 radical (unpaired) electrons. The molecule has 1 aromatic carbocycles. The summed E-state index contributed by atoms with van der Waals surface area (Å²) in [7, 11) is 0. The Bertz CT molecular complexity index is 428. The van der Waals surface area contributed by atoms with E-state index in [1.807, 2.05) is 11.3 Å². The van der Waals surface area contributed by atoms with Crippen LogP contribution >= 0.6 is 27.3 Å². The highest BCUT2D eigenvalue weighted by Gasteiger charge is 1.99. The molecule has 1 aromatic heterocycles. The van der Waals surface area contributed by atoms with Crippen molar-refractivity contribution in [1.82, 2.24) is 0 Å². The maximum absolute atomic E-state index is 3.48. The topological polar surface area (TPSA) is 0 Å². The number of aryl methyl sites for hydroxylation is 1. The zero-order chi connectivity index (χ0) is 10.7. The highest BCUT2D eigenvalue weighted by Crippen LogP contribution is 2.22. The molecule has 2 aromatic rings. The first kappa shape index (κ1) is 10.9. The lowest BCUT2D eigenvalue weighted by Crippen LogP contribution is -1.85. The van der Waals surface area contributed by atoms with Gasteiger partial charge in [-0.15, -0.1) is 11.3 Å². The molecule has 0 saturated heterocycles. The summed E-state index contributed by atoms with van der Waals surface area (Å²) in [6, 6.07) is 11.1. The molecule has 0 aliphatic heterocycles. The van der Waals surface area contributed by atoms with Gasteiger partial charge in [-0.25, -0.2) is 0 Å². The van der Waals surface area contributed by atoms with Crippen LogP contribution in [0.15, 0.2) is 40.2 Å². The normalized spacial score (nSPS) is 10.5. The summed E-state index contributed by atoms with van der Waals surface area (Å²) in [5.41, 5.74) is 2.80. The maximum atomic E-state index is 3.48. The first-order valence-corrected chi connectivity index (χ1v) is 6.76. The molecule has 0 aliphatic rings. The third-order valence-electron chi connectivity index (χ3n) is 2.43. The minimum Gasteiger partial charge on any atom is -0.147 e. The second-order valence-electron chi connectivity index (χ2n) is 3.58. The van der Waals surface area contributed by atoms with E-state index in [4.69, 9.17) is 0 Å². The van der Waals surface area contributed by atoms with Gasteiger partial charge in [-0.1, -0.05) is 31.2 Å². The summed E-state index contributed by atoms with van der Waals surface area (Å²) in [6.07, 6.45) is 2.16. The monoisotopic (exact) mass is 280 g/mol. The molecule has 0 spiro atoms. The van der Waals surface area contributed by atoms with Crippen molar-refractivity contribution in [3.63, 3.8) is 0 Å². The molecule has 0 amide bonds. The largest absolute Gasteiger partial charge is 0.147 e. The van der Waals surface area contributed by atoms with Crippen molar-refractivity contribution in [3.05, 3.63) is 56.2 Å². The van der Waals surface area contributed by atoms with E-state index in [1.54, 1.807) is 0 Å². The SMILES string of the molecule is CCc1ccc(Cc2cc(Br)cs2)cc1. The van der Waals surface area contributed by atoms with Gasteiger partial charge >= 0.3 is 0 Å². The van der Waals surface area contributed by atoms with Gasteiger partial charge in [0.05, 0.1) is 0 Å². The summed E-state index contributed by atoms with van der Waals surface area (Å²) < 4.78 is 1.19. The summed E-state index contributed by atoms with van der Waals surface area (Å²) in [5, 5.41) is 2.13. The van der Waals surface area contributed by atoms with Gasteiger partial charge in [0, 0.05) is 21.2 Å². The Hall–Kier alpha value is -0.600. The molecule has 0 nitrogen and oxygen atoms in total. The van der Waals surface area contributed by atoms with Crippen LogP contribution in [0.2, 0.25) is 0 Å². The number of hydrogen-bond acceptors (Lipinski definition) is 1. The minimum atomic E-state index is 1.04. The van der Waals surface area contributed by atoms with Gasteiger partial charge in [0.1, 0.15) is 0 Å². The molecule has 0 N–H and O–H groups in total. The van der Waals surface area contributed by atoms with E-state index in [0.29, 0.717) is 0 Å². The van der Waals surface area contributed by atoms with Crippen LogP contribution in [-0.4, -0.2) is 0 Å². The summed E-state index contributed by atoms with van der Waals surface area (Å²) in [4.78, 5) is 1.41. The van der Waals surface area contributed by atoms with Crippen LogP contribution < -0.4 is 0 Å². The van der Waals surface area contributed by atoms with Crippen molar-refractivity contribution in [3.8, 4) is 0 Å². The lowest BCUT2D eigenvalue weighted by atomic mass is 10.1. The quantitative estimate of drug-likeness (QED) is 0.767. The zero-order valence-electron chi connectivity index (χ0n) is 8.66. The van der Waals surface area contributed by atoms with Crippen molar-refractivity contribution in [1.29, 1.82) is 0 Å². The second kappa shape index (κ2) is 4.95. The summed E-state index contributed by atoms with van der Waals surface area (Å²) in [6.45, 7) is 2.19. The fourth-order valence-corrected chi connectivity index (χ4v) is 3.03. The number of halogens is 1. The van der Waals surface area contributed by atoms with E-state index in [9.17, 15) is 0 Å². The van der Waals surface area contributed by atoms with Crippen molar-refractivity contribution in [2.75, 3.05) is 0 Å². The van der Waals surface area contributed by atoms with Gasteiger partial charge in [0.15, 0.2) is 0 Å². The van der Waals surface area contributed by atoms with E-state index >= 15 is 0 Å². The Balaban J connectivity index is 2.11. The molecule has 2 rings (SSSR count). The lowest BCUT2D eigenvalue weighted by molar-refractivity contribution is 1.12. The summed E-state index contributed by atoms with van der Waals surface area (Å²) in [5.74, 6) is 0. The fourth-order valence-electron chi connectivity index (χ4n) is 1.54. The smallest absolute Gasteiger partial charge is 0.0285 e. The highest BCUT2D eigenvalue weighted by molar-refractivity contribution is 9.10. The Kier molecular flexibility index (Phi) is 3.60. The average Bonchev–Trinajstić information content (AvgIpc) is 2.65. The van der Waals surface area contributed by atoms with E-state index < -0.39 is 0 Å². The van der Waals surface area contributed by atoms with Gasteiger partial charge in [-0.05, 0) is 39.5 Å². The summed E-state index contributed by atoms with van der Waals surface area (Å²) >= 11 is 5.29. The minimum absolute atomic E-state index is 1.04. The third-order valence-corrected chi connectivity index (χ3v) is 4.13. The van der Waals surface area contributed by atoms with Crippen LogP contribution in [0.3, 0.4) is 0 Å². The van der Waals surface area contributed by atoms with Crippen molar-refractivity contribution >= 4 is 27.3 Å². The van der Waals surface area contributed by atoms with Gasteiger partial charge in [0.25, 0.3) is 0 Å². The fraction of sp³-hybridized carbons (Fsp3) is 0.231. The molecule has 0 aliphatic carbocycles. The predicted molar refractivity (Wildman–Crippen MR) is 70.6 cm³/mol. The van der Waals surface area contributed by atoms with E-state index in [-0.39, 0.29) is 0 Å². The molecule has 1 heterocycles. The molecule has 78 valence electrons. The van der Waals surface area contributed by atoms with Crippen LogP contribution in [0, 0.1) is 0 Å². The Labute approximate surface area is 103 Å². The van der Waals surface area contributed by atoms with Gasteiger partial charge in [0.2, 0.25) is 0 Å². The Morgan fingerprint density at radius 3 is 2.33 bits per heavy atom. The van der Waals surface area contributed by atoms with Gasteiger partial charge < -0.3 is 0 Å². The Morgan fingerprint density at radius 1 is 1.13 bits per heavy atom. The first-order valence-electron chi connectivity index (χ1n) is 5.08. The van der Waals surface area contributed by atoms with Gasteiger partial charge in [-0.2, -0.15) is 0 Å². The number of hydrogen-bond donors (Lipinski definition) is 0. The van der Waals surface area contributed by atoms with Gasteiger partial charge in [-0.3, -0.25) is 0 Å². The molecule has 15 heavy (non-hydrogen) atoms. The van der Waals surface area contributed by atoms with E-state index in [2.05, 4.69) is 58.6 Å². The van der Waals surface area contributed by atoms with Crippen LogP contribution in [0.5, 0.6) is 0 Å². The molecular weight excluding hydrogens is 268 g/mol. The lowest BCUT2D eigenvalue weighted by Gasteiger charge is -2.00. The third kappa shape index (κ3) is 2.93. The molecular formula is C13H13BrS. The number of thiophene rings is 1. The maximum Gasteiger partial charge on any atom is 0.0285 e. The zero-order valence-corrected chi connectivity index (χ0v) is 11.1. The van der Waals surface area contributed by atoms with E-state index in [1.165, 1.54) is 20.5 Å². The standard InChI is InChI=1S/C13H13BrS/c1-2-10-3-5-11(6-4-10)7-13-8-12(14)9-15-13/h3-6,8-9H,2,7H2,1H3. The van der Waals surface area contributed by atoms with Crippen molar-refractivity contribution in [2.24, 2.45) is 0 Å². The predicted octanol–water partition coefficient (Wildman–Crippen LogP) is 4.66. The molecule has 0 unspecified atom stereocenters. The molecule has 0 fully saturated rings. The molecule has 0 saturated carbocycles. The van der Waals surface area contributed by atoms with Crippen LogP contribution in [-0.2, 0) is 12.8 Å². The van der Waals surface area contributed by atoms with Crippen LogP contribution in [0.4, 0.5) is 0 Å². The second-order valence-corrected chi connectivity index (χ2v) is 5.49. The molecule has 0 bridgehead atoms.